The van der Waals surface area contributed by atoms with Gasteiger partial charge in [0.15, 0.2) is 0 Å². The summed E-state index contributed by atoms with van der Waals surface area (Å²) < 4.78 is 1.93. The van der Waals surface area contributed by atoms with Crippen molar-refractivity contribution in [1.29, 1.82) is 0 Å². The number of hydrogen-bond donors (Lipinski definition) is 1. The topological polar surface area (TPSA) is 32.6 Å². The molecule has 4 nitrogen and oxygen atoms in total. The second kappa shape index (κ2) is 4.53. The minimum atomic E-state index is 1.05. The predicted octanol–water partition coefficient (Wildman–Crippen LogP) is 1.48. The van der Waals surface area contributed by atoms with E-state index in [1.807, 2.05) is 17.8 Å². The molecule has 0 aromatic carbocycles. The number of hydrogen-bond acceptors (Lipinski definition) is 3. The summed E-state index contributed by atoms with van der Waals surface area (Å²) in [5.74, 6) is 0. The lowest BCUT2D eigenvalue weighted by Crippen LogP contribution is -2.15. The summed E-state index contributed by atoms with van der Waals surface area (Å²) in [6.45, 7) is 1.06. The van der Waals surface area contributed by atoms with Gasteiger partial charge in [-0.2, -0.15) is 5.10 Å². The molecule has 0 unspecified atom stereocenters. The molecule has 2 rings (SSSR count). The van der Waals surface area contributed by atoms with Gasteiger partial charge in [-0.25, -0.2) is 4.52 Å². The first kappa shape index (κ1) is 11.0. The number of nitrogens with zero attached hydrogens (tertiary/aromatic N) is 3. The van der Waals surface area contributed by atoms with Crippen LogP contribution in [0, 0.1) is 0 Å². The van der Waals surface area contributed by atoms with Crippen LogP contribution >= 0.6 is 0 Å². The van der Waals surface area contributed by atoms with E-state index in [4.69, 9.17) is 0 Å². The first-order chi connectivity index (χ1) is 7.70. The van der Waals surface area contributed by atoms with Gasteiger partial charge < -0.3 is 10.2 Å². The maximum atomic E-state index is 4.32. The minimum absolute atomic E-state index is 1.05. The standard InChI is InChI=1S/C12H18N4/c1-13-11-8-14-16-9-10(4-5-12(11)16)6-7-15(2)3/h4-5,8-9,13H,6-7H2,1-3H3. The lowest BCUT2D eigenvalue weighted by molar-refractivity contribution is 0.413. The van der Waals surface area contributed by atoms with E-state index in [0.717, 1.165) is 24.2 Å². The molecule has 4 heteroatoms. The van der Waals surface area contributed by atoms with E-state index in [1.54, 1.807) is 0 Å². The maximum absolute atomic E-state index is 4.32. The highest BCUT2D eigenvalue weighted by Crippen LogP contribution is 2.16. The van der Waals surface area contributed by atoms with Gasteiger partial charge in [0.05, 0.1) is 17.4 Å². The summed E-state index contributed by atoms with van der Waals surface area (Å²) in [6.07, 6.45) is 5.00. The van der Waals surface area contributed by atoms with Crippen molar-refractivity contribution < 1.29 is 0 Å². The van der Waals surface area contributed by atoms with Crippen molar-refractivity contribution in [2.75, 3.05) is 33.0 Å². The maximum Gasteiger partial charge on any atom is 0.0893 e. The summed E-state index contributed by atoms with van der Waals surface area (Å²) in [4.78, 5) is 2.19. The Hall–Kier alpha value is -1.55. The van der Waals surface area contributed by atoms with E-state index in [2.05, 4.69) is 47.7 Å². The molecule has 0 saturated carbocycles. The van der Waals surface area contributed by atoms with Gasteiger partial charge in [0, 0.05) is 19.8 Å². The molecule has 2 aromatic rings. The van der Waals surface area contributed by atoms with E-state index >= 15 is 0 Å². The van der Waals surface area contributed by atoms with Crippen LogP contribution in [0.5, 0.6) is 0 Å². The molecule has 0 aliphatic heterocycles. The zero-order valence-electron chi connectivity index (χ0n) is 10.1. The fraction of sp³-hybridized carbons (Fsp3) is 0.417. The summed E-state index contributed by atoms with van der Waals surface area (Å²) in [5, 5.41) is 7.45. The van der Waals surface area contributed by atoms with Crippen LogP contribution in [0.4, 0.5) is 5.69 Å². The molecule has 0 amide bonds. The number of aromatic nitrogens is 2. The fourth-order valence-electron chi connectivity index (χ4n) is 1.72. The van der Waals surface area contributed by atoms with Crippen LogP contribution in [0.1, 0.15) is 5.56 Å². The lowest BCUT2D eigenvalue weighted by Gasteiger charge is -2.09. The smallest absolute Gasteiger partial charge is 0.0893 e. The van der Waals surface area contributed by atoms with Crippen molar-refractivity contribution in [3.8, 4) is 0 Å². The van der Waals surface area contributed by atoms with Crippen LogP contribution in [0.15, 0.2) is 24.5 Å². The molecular formula is C12H18N4. The molecule has 2 aromatic heterocycles. The van der Waals surface area contributed by atoms with Gasteiger partial charge in [-0.15, -0.1) is 0 Å². The van der Waals surface area contributed by atoms with Gasteiger partial charge in [0.2, 0.25) is 0 Å². The third-order valence-corrected chi connectivity index (χ3v) is 2.69. The van der Waals surface area contributed by atoms with E-state index in [0.29, 0.717) is 0 Å². The Morgan fingerprint density at radius 3 is 2.88 bits per heavy atom. The molecule has 0 radical (unpaired) electrons. The van der Waals surface area contributed by atoms with Gasteiger partial charge in [-0.05, 0) is 32.1 Å². The quantitative estimate of drug-likeness (QED) is 0.843. The van der Waals surface area contributed by atoms with Crippen molar-refractivity contribution in [3.63, 3.8) is 0 Å². The summed E-state index contributed by atoms with van der Waals surface area (Å²) in [5.41, 5.74) is 3.50. The van der Waals surface area contributed by atoms with E-state index in [1.165, 1.54) is 5.56 Å². The second-order valence-corrected chi connectivity index (χ2v) is 4.23. The second-order valence-electron chi connectivity index (χ2n) is 4.23. The van der Waals surface area contributed by atoms with Crippen LogP contribution in [-0.4, -0.2) is 42.2 Å². The number of pyridine rings is 1. The van der Waals surface area contributed by atoms with Crippen LogP contribution in [-0.2, 0) is 6.42 Å². The van der Waals surface area contributed by atoms with Crippen molar-refractivity contribution in [3.05, 3.63) is 30.1 Å². The van der Waals surface area contributed by atoms with E-state index in [9.17, 15) is 0 Å². The van der Waals surface area contributed by atoms with Gasteiger partial charge in [0.25, 0.3) is 0 Å². The molecule has 0 fully saturated rings. The number of rotatable bonds is 4. The molecule has 0 saturated heterocycles. The van der Waals surface area contributed by atoms with Gasteiger partial charge in [-0.1, -0.05) is 6.07 Å². The van der Waals surface area contributed by atoms with Crippen LogP contribution < -0.4 is 5.32 Å². The van der Waals surface area contributed by atoms with Gasteiger partial charge in [-0.3, -0.25) is 0 Å². The van der Waals surface area contributed by atoms with E-state index < -0.39 is 0 Å². The van der Waals surface area contributed by atoms with E-state index in [-0.39, 0.29) is 0 Å². The highest BCUT2D eigenvalue weighted by molar-refractivity contribution is 5.70. The summed E-state index contributed by atoms with van der Waals surface area (Å²) >= 11 is 0. The van der Waals surface area contributed by atoms with Gasteiger partial charge >= 0.3 is 0 Å². The Labute approximate surface area is 95.9 Å². The fourth-order valence-corrected chi connectivity index (χ4v) is 1.72. The summed E-state index contributed by atoms with van der Waals surface area (Å²) in [7, 11) is 6.09. The monoisotopic (exact) mass is 218 g/mol. The number of anilines is 1. The average Bonchev–Trinajstić information content (AvgIpc) is 2.68. The summed E-state index contributed by atoms with van der Waals surface area (Å²) in [6, 6.07) is 4.28. The third kappa shape index (κ3) is 2.17. The van der Waals surface area contributed by atoms with Crippen molar-refractivity contribution >= 4 is 11.2 Å². The van der Waals surface area contributed by atoms with Crippen LogP contribution in [0.3, 0.4) is 0 Å². The Morgan fingerprint density at radius 2 is 2.19 bits per heavy atom. The SMILES string of the molecule is CNc1cnn2cc(CCN(C)C)ccc12. The highest BCUT2D eigenvalue weighted by Gasteiger charge is 2.02. The molecule has 0 bridgehead atoms. The normalized spacial score (nSPS) is 11.2. The third-order valence-electron chi connectivity index (χ3n) is 2.69. The van der Waals surface area contributed by atoms with Crippen molar-refractivity contribution in [2.24, 2.45) is 0 Å². The number of likely N-dealkylation sites (N-methyl/N-ethyl adjacent to an activating group) is 1. The Kier molecular flexibility index (Phi) is 3.10. The predicted molar refractivity (Wildman–Crippen MR) is 67.0 cm³/mol. The van der Waals surface area contributed by atoms with Crippen molar-refractivity contribution in [1.82, 2.24) is 14.5 Å². The molecule has 1 N–H and O–H groups in total. The zero-order valence-corrected chi connectivity index (χ0v) is 10.1. The Bertz CT molecular complexity index is 473. The molecule has 0 aliphatic carbocycles. The Balaban J connectivity index is 2.24. The first-order valence-corrected chi connectivity index (χ1v) is 5.49. The number of nitrogens with one attached hydrogen (secondary N) is 1. The molecule has 0 aliphatic rings. The minimum Gasteiger partial charge on any atom is -0.385 e. The molecule has 0 spiro atoms. The number of fused-ring (bicyclic) bond motifs is 1. The zero-order chi connectivity index (χ0) is 11.5. The highest BCUT2D eigenvalue weighted by atomic mass is 15.2. The largest absolute Gasteiger partial charge is 0.385 e. The van der Waals surface area contributed by atoms with Crippen molar-refractivity contribution in [2.45, 2.75) is 6.42 Å². The molecule has 86 valence electrons. The Morgan fingerprint density at radius 1 is 1.38 bits per heavy atom. The van der Waals surface area contributed by atoms with Crippen LogP contribution in [0.2, 0.25) is 0 Å². The molecular weight excluding hydrogens is 200 g/mol. The van der Waals surface area contributed by atoms with Gasteiger partial charge in [0.1, 0.15) is 0 Å². The first-order valence-electron chi connectivity index (χ1n) is 5.49. The lowest BCUT2D eigenvalue weighted by atomic mass is 10.2. The average molecular weight is 218 g/mol. The molecule has 16 heavy (non-hydrogen) atoms. The molecule has 0 atom stereocenters. The molecule has 2 heterocycles. The van der Waals surface area contributed by atoms with Crippen LogP contribution in [0.25, 0.3) is 5.52 Å².